The summed E-state index contributed by atoms with van der Waals surface area (Å²) in [4.78, 5) is 0. The van der Waals surface area contributed by atoms with E-state index >= 15 is 0 Å². The molecule has 48 heavy (non-hydrogen) atoms. The van der Waals surface area contributed by atoms with Crippen molar-refractivity contribution in [2.45, 2.75) is 11.8 Å². The Balaban J connectivity index is 1.52. The number of allylic oxidation sites excluding steroid dienone is 8. The third-order valence-electron chi connectivity index (χ3n) is 7.73. The van der Waals surface area contributed by atoms with E-state index in [2.05, 4.69) is 50.6 Å². The van der Waals surface area contributed by atoms with Gasteiger partial charge in [-0.25, -0.2) is 0 Å². The van der Waals surface area contributed by atoms with Gasteiger partial charge >= 0.3 is 0 Å². The quantitative estimate of drug-likeness (QED) is 0.108. The molecule has 0 atom stereocenters. The van der Waals surface area contributed by atoms with Crippen molar-refractivity contribution in [2.24, 2.45) is 0 Å². The Bertz CT molecular complexity index is 1700. The van der Waals surface area contributed by atoms with Crippen LogP contribution in [0.1, 0.15) is 34.1 Å². The first-order valence-corrected chi connectivity index (χ1v) is 15.3. The van der Waals surface area contributed by atoms with Crippen LogP contribution in [-0.4, -0.2) is 0 Å². The third kappa shape index (κ3) is 6.73. The minimum Gasteiger partial charge on any atom is -0.465 e. The molecule has 4 aromatic rings. The topological polar surface area (TPSA) is 55.4 Å². The lowest BCUT2D eigenvalue weighted by Gasteiger charge is -2.38. The maximum absolute atomic E-state index is 6.57. The summed E-state index contributed by atoms with van der Waals surface area (Å²) >= 11 is 0. The Morgan fingerprint density at radius 3 is 0.875 bits per heavy atom. The minimum absolute atomic E-state index is 0.180. The molecule has 0 aliphatic carbocycles. The highest BCUT2D eigenvalue weighted by Crippen LogP contribution is 2.58. The Morgan fingerprint density at radius 2 is 0.646 bits per heavy atom. The van der Waals surface area contributed by atoms with Crippen LogP contribution in [-0.2, 0) is 0 Å². The van der Waals surface area contributed by atoms with Gasteiger partial charge in [-0.15, -0.1) is 0 Å². The zero-order valence-electron chi connectivity index (χ0n) is 26.3. The van der Waals surface area contributed by atoms with Gasteiger partial charge in [-0.05, 0) is 48.6 Å². The fraction of sp³-hybridized carbons (Fsp3) is 0.0476. The van der Waals surface area contributed by atoms with E-state index in [4.69, 9.17) is 28.4 Å². The lowest BCUT2D eigenvalue weighted by atomic mass is 9.71. The van der Waals surface area contributed by atoms with Crippen molar-refractivity contribution in [2.75, 3.05) is 0 Å². The molecule has 6 heteroatoms. The number of hydrogen-bond acceptors (Lipinski definition) is 6. The van der Waals surface area contributed by atoms with E-state index < -0.39 is 0 Å². The van der Waals surface area contributed by atoms with Gasteiger partial charge in [0.25, 0.3) is 0 Å². The molecule has 0 N–H and O–H groups in total. The van der Waals surface area contributed by atoms with Gasteiger partial charge in [0.1, 0.15) is 46.0 Å². The Kier molecular flexibility index (Phi) is 9.73. The molecule has 0 radical (unpaired) electrons. The van der Waals surface area contributed by atoms with E-state index in [-0.39, 0.29) is 11.8 Å². The molecule has 0 saturated heterocycles. The highest BCUT2D eigenvalue weighted by atomic mass is 16.5. The van der Waals surface area contributed by atoms with Crippen LogP contribution in [0.5, 0.6) is 46.0 Å². The summed E-state index contributed by atoms with van der Waals surface area (Å²) in [5.41, 5.74) is 3.98. The Hall–Kier alpha value is -6.40. The fourth-order valence-electron chi connectivity index (χ4n) is 5.72. The summed E-state index contributed by atoms with van der Waals surface area (Å²) in [6.45, 7) is 14.9. The summed E-state index contributed by atoms with van der Waals surface area (Å²) in [6.07, 6.45) is 19.9. The molecular weight excluding hydrogens is 600 g/mol. The van der Waals surface area contributed by atoms with Gasteiger partial charge in [0.05, 0.1) is 25.0 Å². The fourth-order valence-corrected chi connectivity index (χ4v) is 5.72. The van der Waals surface area contributed by atoms with Crippen LogP contribution < -0.4 is 28.4 Å². The summed E-state index contributed by atoms with van der Waals surface area (Å²) in [7, 11) is 0. The van der Waals surface area contributed by atoms with Gasteiger partial charge in [-0.2, -0.15) is 0 Å². The van der Waals surface area contributed by atoms with Crippen LogP contribution in [0.2, 0.25) is 0 Å². The maximum atomic E-state index is 6.57. The molecule has 6 nitrogen and oxygen atoms in total. The van der Waals surface area contributed by atoms with E-state index in [0.717, 1.165) is 22.3 Å². The standard InChI is InChI=1S/C42H34O6/c1-5-9-21-43-29-13-17-33-37(25-29)47-38-26-30(44-22-10-6-2)14-18-34(38)41(33)42-35-19-15-31(45-23-11-7-3)27-39(35)48-40-28-32(16-20-36(40)42)46-24-12-8-4/h5-28,41-42H,1-4H2. The largest absolute Gasteiger partial charge is 0.465 e. The average molecular weight is 635 g/mol. The van der Waals surface area contributed by atoms with Gasteiger partial charge in [0, 0.05) is 58.4 Å². The van der Waals surface area contributed by atoms with Crippen LogP contribution >= 0.6 is 0 Å². The maximum Gasteiger partial charge on any atom is 0.135 e. The lowest BCUT2D eigenvalue weighted by Crippen LogP contribution is -2.22. The normalized spacial score (nSPS) is 15.8. The molecule has 2 heterocycles. The predicted molar refractivity (Wildman–Crippen MR) is 189 cm³/mol. The molecule has 0 spiro atoms. The van der Waals surface area contributed by atoms with Gasteiger partial charge in [0.2, 0.25) is 0 Å². The monoisotopic (exact) mass is 634 g/mol. The number of rotatable bonds is 13. The first kappa shape index (κ1) is 31.6. The lowest BCUT2D eigenvalue weighted by molar-refractivity contribution is 0.400. The molecule has 6 rings (SSSR count). The highest BCUT2D eigenvalue weighted by molar-refractivity contribution is 5.65. The average Bonchev–Trinajstić information content (AvgIpc) is 3.10. The van der Waals surface area contributed by atoms with Crippen molar-refractivity contribution >= 4 is 0 Å². The summed E-state index contributed by atoms with van der Waals surface area (Å²) in [5.74, 6) is 4.87. The van der Waals surface area contributed by atoms with Crippen LogP contribution in [0.4, 0.5) is 0 Å². The van der Waals surface area contributed by atoms with Crippen molar-refractivity contribution in [1.29, 1.82) is 0 Å². The molecule has 0 amide bonds. The highest BCUT2D eigenvalue weighted by Gasteiger charge is 2.40. The van der Waals surface area contributed by atoms with E-state index in [1.165, 1.54) is 0 Å². The smallest absolute Gasteiger partial charge is 0.135 e. The molecule has 0 saturated carbocycles. The second kappa shape index (κ2) is 14.8. The van der Waals surface area contributed by atoms with Gasteiger partial charge in [-0.1, -0.05) is 74.9 Å². The number of ether oxygens (including phenoxy) is 6. The number of benzene rings is 4. The van der Waals surface area contributed by atoms with Gasteiger partial charge in [0.15, 0.2) is 0 Å². The molecule has 0 unspecified atom stereocenters. The molecule has 0 bridgehead atoms. The SMILES string of the molecule is C=CC=COc1ccc2c(c1)Oc1cc(OC=CC=C)ccc1C2C1c2ccc(OC=CC=C)cc2Oc2cc(OC=CC=C)ccc21. The van der Waals surface area contributed by atoms with Gasteiger partial charge < -0.3 is 28.4 Å². The van der Waals surface area contributed by atoms with Gasteiger partial charge in [-0.3, -0.25) is 0 Å². The predicted octanol–water partition coefficient (Wildman–Crippen LogP) is 11.2. The molecule has 2 aliphatic heterocycles. The molecule has 2 aliphatic rings. The molecular formula is C42H34O6. The second-order valence-electron chi connectivity index (χ2n) is 10.7. The zero-order valence-corrected chi connectivity index (χ0v) is 26.3. The van der Waals surface area contributed by atoms with Crippen molar-refractivity contribution in [3.05, 3.63) is 195 Å². The Labute approximate surface area is 280 Å². The van der Waals surface area contributed by atoms with E-state index in [9.17, 15) is 0 Å². The number of hydrogen-bond donors (Lipinski definition) is 0. The molecule has 0 fully saturated rings. The molecule has 238 valence electrons. The van der Waals surface area contributed by atoms with Crippen molar-refractivity contribution in [1.82, 2.24) is 0 Å². The van der Waals surface area contributed by atoms with Crippen LogP contribution in [0.25, 0.3) is 0 Å². The minimum atomic E-state index is -0.180. The summed E-state index contributed by atoms with van der Waals surface area (Å²) < 4.78 is 36.5. The molecule has 0 aromatic heterocycles. The van der Waals surface area contributed by atoms with E-state index in [0.29, 0.717) is 46.0 Å². The van der Waals surface area contributed by atoms with Crippen LogP contribution in [0.15, 0.2) is 173 Å². The van der Waals surface area contributed by atoms with Crippen LogP contribution in [0.3, 0.4) is 0 Å². The first-order chi connectivity index (χ1) is 23.6. The first-order valence-electron chi connectivity index (χ1n) is 15.3. The molecule has 4 aromatic carbocycles. The third-order valence-corrected chi connectivity index (χ3v) is 7.73. The summed E-state index contributed by atoms with van der Waals surface area (Å²) in [5, 5.41) is 0. The Morgan fingerprint density at radius 1 is 0.396 bits per heavy atom. The summed E-state index contributed by atoms with van der Waals surface area (Å²) in [6, 6.07) is 23.6. The second-order valence-corrected chi connectivity index (χ2v) is 10.7. The van der Waals surface area contributed by atoms with E-state index in [1.54, 1.807) is 73.7 Å². The van der Waals surface area contributed by atoms with Crippen molar-refractivity contribution < 1.29 is 28.4 Å². The zero-order chi connectivity index (χ0) is 33.3. The number of fused-ring (bicyclic) bond motifs is 4. The van der Waals surface area contributed by atoms with Crippen molar-refractivity contribution in [3.63, 3.8) is 0 Å². The van der Waals surface area contributed by atoms with E-state index in [1.807, 2.05) is 48.5 Å². The van der Waals surface area contributed by atoms with Crippen molar-refractivity contribution in [3.8, 4) is 46.0 Å². The van der Waals surface area contributed by atoms with Crippen LogP contribution in [0, 0.1) is 0 Å².